The number of alkyl halides is 3. The summed E-state index contributed by atoms with van der Waals surface area (Å²) in [6.45, 7) is 4.61. The molecule has 1 amide bonds. The third-order valence-electron chi connectivity index (χ3n) is 4.42. The fraction of sp³-hybridized carbons (Fsp3) is 0.611. The average molecular weight is 400 g/mol. The number of nitrogens with two attached hydrogens (primary N) is 1. The van der Waals surface area contributed by atoms with Crippen molar-refractivity contribution in [2.24, 2.45) is 16.6 Å². The summed E-state index contributed by atoms with van der Waals surface area (Å²) in [7, 11) is 0. The first kappa shape index (κ1) is 21.8. The van der Waals surface area contributed by atoms with Crippen LogP contribution in [0, 0.1) is 5.92 Å². The lowest BCUT2D eigenvalue weighted by atomic mass is 9.95. The molecule has 1 atom stereocenters. The minimum absolute atomic E-state index is 0.191. The number of piperidine rings is 1. The molecule has 4 N–H and O–H groups in total. The first-order valence-corrected chi connectivity index (χ1v) is 9.39. The number of nitrogens with one attached hydrogen (secondary N) is 2. The highest BCUT2D eigenvalue weighted by atomic mass is 19.4. The van der Waals surface area contributed by atoms with Gasteiger partial charge in [0.1, 0.15) is 5.82 Å². The fourth-order valence-electron chi connectivity index (χ4n) is 3.25. The molecule has 28 heavy (non-hydrogen) atoms. The van der Waals surface area contributed by atoms with Gasteiger partial charge in [0.2, 0.25) is 5.91 Å². The van der Waals surface area contributed by atoms with Crippen LogP contribution in [0.15, 0.2) is 23.3 Å². The molecular weight excluding hydrogens is 373 g/mol. The van der Waals surface area contributed by atoms with E-state index in [1.54, 1.807) is 0 Å². The Kier molecular flexibility index (Phi) is 7.89. The van der Waals surface area contributed by atoms with Crippen LogP contribution in [0.3, 0.4) is 0 Å². The number of hydrogen-bond acceptors (Lipinski definition) is 4. The van der Waals surface area contributed by atoms with Crippen LogP contribution in [0.5, 0.6) is 0 Å². The van der Waals surface area contributed by atoms with Gasteiger partial charge in [-0.2, -0.15) is 13.2 Å². The number of rotatable bonds is 7. The summed E-state index contributed by atoms with van der Waals surface area (Å²) >= 11 is 0. The maximum Gasteiger partial charge on any atom is 0.419 e. The van der Waals surface area contributed by atoms with E-state index in [9.17, 15) is 18.0 Å². The predicted octanol–water partition coefficient (Wildman–Crippen LogP) is 2.07. The van der Waals surface area contributed by atoms with Gasteiger partial charge in [0, 0.05) is 38.8 Å². The number of pyridine rings is 1. The molecule has 1 unspecified atom stereocenters. The topological polar surface area (TPSA) is 95.6 Å². The SMILES string of the molecule is CCNC(=NCCNc1ncccc1C(F)(F)F)N1CCCC(CC(N)=O)C1. The Morgan fingerprint density at radius 2 is 2.25 bits per heavy atom. The van der Waals surface area contributed by atoms with Crippen molar-refractivity contribution in [2.45, 2.75) is 32.4 Å². The minimum atomic E-state index is -4.46. The van der Waals surface area contributed by atoms with Crippen LogP contribution >= 0.6 is 0 Å². The molecule has 1 aromatic heterocycles. The van der Waals surface area contributed by atoms with Gasteiger partial charge in [0.25, 0.3) is 0 Å². The van der Waals surface area contributed by atoms with Gasteiger partial charge >= 0.3 is 6.18 Å². The summed E-state index contributed by atoms with van der Waals surface area (Å²) in [5, 5.41) is 5.91. The second-order valence-electron chi connectivity index (χ2n) is 6.68. The molecule has 1 aromatic rings. The van der Waals surface area contributed by atoms with Crippen LogP contribution in [0.2, 0.25) is 0 Å². The van der Waals surface area contributed by atoms with Crippen molar-refractivity contribution in [1.82, 2.24) is 15.2 Å². The number of guanidine groups is 1. The molecule has 1 aliphatic rings. The lowest BCUT2D eigenvalue weighted by Gasteiger charge is -2.34. The molecule has 0 saturated carbocycles. The van der Waals surface area contributed by atoms with Crippen molar-refractivity contribution in [3.05, 3.63) is 23.9 Å². The van der Waals surface area contributed by atoms with E-state index >= 15 is 0 Å². The first-order chi connectivity index (χ1) is 13.3. The zero-order chi connectivity index (χ0) is 20.6. The number of aliphatic imine (C=N–C) groups is 1. The van der Waals surface area contributed by atoms with E-state index in [4.69, 9.17) is 5.73 Å². The zero-order valence-electron chi connectivity index (χ0n) is 15.9. The molecule has 1 fully saturated rings. The van der Waals surface area contributed by atoms with Crippen LogP contribution in [0.1, 0.15) is 31.7 Å². The first-order valence-electron chi connectivity index (χ1n) is 9.39. The summed E-state index contributed by atoms with van der Waals surface area (Å²) in [5.41, 5.74) is 4.51. The van der Waals surface area contributed by atoms with Crippen molar-refractivity contribution in [2.75, 3.05) is 38.0 Å². The quantitative estimate of drug-likeness (QED) is 0.370. The molecule has 1 aliphatic heterocycles. The third-order valence-corrected chi connectivity index (χ3v) is 4.42. The van der Waals surface area contributed by atoms with Crippen molar-refractivity contribution in [3.63, 3.8) is 0 Å². The number of carbonyl (C=O) groups excluding carboxylic acids is 1. The molecule has 7 nitrogen and oxygen atoms in total. The predicted molar refractivity (Wildman–Crippen MR) is 102 cm³/mol. The number of hydrogen-bond donors (Lipinski definition) is 3. The Morgan fingerprint density at radius 1 is 1.46 bits per heavy atom. The van der Waals surface area contributed by atoms with Gasteiger partial charge in [0.15, 0.2) is 5.96 Å². The molecule has 2 rings (SSSR count). The number of aromatic nitrogens is 1. The van der Waals surface area contributed by atoms with E-state index in [2.05, 4.69) is 25.5 Å². The van der Waals surface area contributed by atoms with Gasteiger partial charge in [-0.15, -0.1) is 0 Å². The minimum Gasteiger partial charge on any atom is -0.370 e. The van der Waals surface area contributed by atoms with Crippen LogP contribution in [0.25, 0.3) is 0 Å². The Bertz CT molecular complexity index is 680. The van der Waals surface area contributed by atoms with E-state index in [1.807, 2.05) is 6.92 Å². The van der Waals surface area contributed by atoms with Gasteiger partial charge in [-0.05, 0) is 37.8 Å². The van der Waals surface area contributed by atoms with Gasteiger partial charge < -0.3 is 21.3 Å². The van der Waals surface area contributed by atoms with Gasteiger partial charge in [-0.3, -0.25) is 9.79 Å². The van der Waals surface area contributed by atoms with Crippen LogP contribution in [-0.2, 0) is 11.0 Å². The highest BCUT2D eigenvalue weighted by Crippen LogP contribution is 2.33. The molecular formula is C18H27F3N6O. The molecule has 156 valence electrons. The van der Waals surface area contributed by atoms with E-state index in [1.165, 1.54) is 12.3 Å². The Hall–Kier alpha value is -2.52. The standard InChI is InChI=1S/C18H27F3N6O/c1-2-23-17(27-10-4-5-13(12-27)11-15(22)28)26-9-8-25-16-14(18(19,20)21)6-3-7-24-16/h3,6-7,13H,2,4-5,8-12H2,1H3,(H2,22,28)(H,23,26)(H,24,25). The summed E-state index contributed by atoms with van der Waals surface area (Å²) < 4.78 is 39.0. The monoisotopic (exact) mass is 400 g/mol. The normalized spacial score (nSPS) is 18.1. The number of halogens is 3. The maximum absolute atomic E-state index is 13.0. The lowest BCUT2D eigenvalue weighted by molar-refractivity contribution is -0.137. The molecule has 0 aliphatic carbocycles. The van der Waals surface area contributed by atoms with Crippen molar-refractivity contribution in [3.8, 4) is 0 Å². The number of nitrogens with zero attached hydrogens (tertiary/aromatic N) is 3. The van der Waals surface area contributed by atoms with Crippen LogP contribution < -0.4 is 16.4 Å². The van der Waals surface area contributed by atoms with Crippen molar-refractivity contribution >= 4 is 17.7 Å². The molecule has 0 radical (unpaired) electrons. The van der Waals surface area contributed by atoms with Crippen LogP contribution in [0.4, 0.5) is 19.0 Å². The van der Waals surface area contributed by atoms with Crippen molar-refractivity contribution < 1.29 is 18.0 Å². The van der Waals surface area contributed by atoms with E-state index in [0.717, 1.165) is 25.5 Å². The largest absolute Gasteiger partial charge is 0.419 e. The van der Waals surface area contributed by atoms with E-state index < -0.39 is 11.7 Å². The second kappa shape index (κ2) is 10.1. The smallest absolute Gasteiger partial charge is 0.370 e. The molecule has 0 aromatic carbocycles. The third kappa shape index (κ3) is 6.58. The van der Waals surface area contributed by atoms with E-state index in [-0.39, 0.29) is 30.7 Å². The highest BCUT2D eigenvalue weighted by Gasteiger charge is 2.34. The van der Waals surface area contributed by atoms with Gasteiger partial charge in [-0.1, -0.05) is 0 Å². The maximum atomic E-state index is 13.0. The van der Waals surface area contributed by atoms with E-state index in [0.29, 0.717) is 25.5 Å². The molecule has 2 heterocycles. The van der Waals surface area contributed by atoms with Crippen molar-refractivity contribution in [1.29, 1.82) is 0 Å². The number of primary amides is 1. The molecule has 1 saturated heterocycles. The summed E-state index contributed by atoms with van der Waals surface area (Å²) in [5.74, 6) is 0.371. The lowest BCUT2D eigenvalue weighted by Crippen LogP contribution is -2.47. The summed E-state index contributed by atoms with van der Waals surface area (Å²) in [4.78, 5) is 21.5. The molecule has 10 heteroatoms. The number of likely N-dealkylation sites (tertiary alicyclic amines) is 1. The average Bonchev–Trinajstić information content (AvgIpc) is 2.63. The van der Waals surface area contributed by atoms with Gasteiger partial charge in [-0.25, -0.2) is 4.98 Å². The molecule has 0 bridgehead atoms. The number of anilines is 1. The Balaban J connectivity index is 1.95. The second-order valence-corrected chi connectivity index (χ2v) is 6.68. The highest BCUT2D eigenvalue weighted by molar-refractivity contribution is 5.80. The number of amides is 1. The Morgan fingerprint density at radius 3 is 2.93 bits per heavy atom. The van der Waals surface area contributed by atoms with Gasteiger partial charge in [0.05, 0.1) is 12.1 Å². The van der Waals surface area contributed by atoms with Crippen LogP contribution in [-0.4, -0.2) is 54.5 Å². The Labute approximate surface area is 162 Å². The number of carbonyl (C=O) groups is 1. The summed E-state index contributed by atoms with van der Waals surface area (Å²) in [6.07, 6.45) is -0.920. The fourth-order valence-corrected chi connectivity index (χ4v) is 3.25. The summed E-state index contributed by atoms with van der Waals surface area (Å²) in [6, 6.07) is 2.25. The zero-order valence-corrected chi connectivity index (χ0v) is 15.9. The molecule has 0 spiro atoms.